The molecule has 1 atom stereocenters. The molecular formula is C27H30FN3O2. The summed E-state index contributed by atoms with van der Waals surface area (Å²) >= 11 is 0. The van der Waals surface area contributed by atoms with E-state index in [1.54, 1.807) is 19.2 Å². The third-order valence-corrected chi connectivity index (χ3v) is 6.12. The number of hydrogen-bond acceptors (Lipinski definition) is 4. The number of amides is 1. The summed E-state index contributed by atoms with van der Waals surface area (Å²) in [5.74, 6) is 0.890. The summed E-state index contributed by atoms with van der Waals surface area (Å²) in [6.45, 7) is 4.56. The monoisotopic (exact) mass is 447 g/mol. The first-order chi connectivity index (χ1) is 16.1. The van der Waals surface area contributed by atoms with Gasteiger partial charge < -0.3 is 10.1 Å². The number of carbonyl (C=O) groups excluding carboxylic acids is 1. The van der Waals surface area contributed by atoms with Crippen molar-refractivity contribution in [3.8, 4) is 5.75 Å². The fourth-order valence-electron chi connectivity index (χ4n) is 4.46. The van der Waals surface area contributed by atoms with Crippen LogP contribution in [0, 0.1) is 11.7 Å². The lowest BCUT2D eigenvalue weighted by Gasteiger charge is -2.36. The van der Waals surface area contributed by atoms with Crippen molar-refractivity contribution in [2.45, 2.75) is 39.0 Å². The zero-order valence-electron chi connectivity index (χ0n) is 18.9. The van der Waals surface area contributed by atoms with Gasteiger partial charge in [-0.15, -0.1) is 0 Å². The Balaban J connectivity index is 1.36. The third kappa shape index (κ3) is 6.39. The highest BCUT2D eigenvalue weighted by atomic mass is 19.1. The Bertz CT molecular complexity index is 1050. The van der Waals surface area contributed by atoms with E-state index in [9.17, 15) is 9.18 Å². The van der Waals surface area contributed by atoms with E-state index in [1.165, 1.54) is 12.1 Å². The number of hydrogen-bond donors (Lipinski definition) is 1. The Kier molecular flexibility index (Phi) is 7.68. The number of benzene rings is 2. The number of aromatic nitrogens is 1. The number of halogens is 1. The molecular weight excluding hydrogens is 417 g/mol. The minimum atomic E-state index is -0.254. The molecule has 1 aliphatic heterocycles. The number of likely N-dealkylation sites (tertiary alicyclic amines) is 1. The molecule has 1 aliphatic rings. The standard InChI is InChI=1S/C27H30FN3O2/c1-20(32)30-27(25-10-4-5-14-29-25)22-12-15-31(16-13-22)18-23-8-2-3-11-26(23)33-19-21-7-6-9-24(28)17-21/h2-11,14,17,22,27H,12-13,15-16,18-19H2,1H3,(H,30,32)/t27-/m0/s1. The first-order valence-electron chi connectivity index (χ1n) is 11.4. The van der Waals surface area contributed by atoms with Gasteiger partial charge in [0.05, 0.1) is 11.7 Å². The lowest BCUT2D eigenvalue weighted by Crippen LogP contribution is -2.40. The highest BCUT2D eigenvalue weighted by molar-refractivity contribution is 5.73. The zero-order chi connectivity index (χ0) is 23.0. The number of rotatable bonds is 8. The lowest BCUT2D eigenvalue weighted by atomic mass is 9.87. The van der Waals surface area contributed by atoms with E-state index in [2.05, 4.69) is 21.3 Å². The zero-order valence-corrected chi connectivity index (χ0v) is 18.9. The second kappa shape index (κ2) is 11.1. The highest BCUT2D eigenvalue weighted by Crippen LogP contribution is 2.31. The van der Waals surface area contributed by atoms with Crippen molar-refractivity contribution in [1.29, 1.82) is 0 Å². The Morgan fingerprint density at radius 3 is 2.64 bits per heavy atom. The molecule has 0 aliphatic carbocycles. The minimum Gasteiger partial charge on any atom is -0.489 e. The molecule has 1 fully saturated rings. The molecule has 3 aromatic rings. The van der Waals surface area contributed by atoms with Gasteiger partial charge in [0.25, 0.3) is 0 Å². The van der Waals surface area contributed by atoms with Crippen LogP contribution in [0.3, 0.4) is 0 Å². The largest absolute Gasteiger partial charge is 0.489 e. The van der Waals surface area contributed by atoms with Gasteiger partial charge in [-0.1, -0.05) is 36.4 Å². The molecule has 1 saturated heterocycles. The topological polar surface area (TPSA) is 54.5 Å². The van der Waals surface area contributed by atoms with Gasteiger partial charge in [0.1, 0.15) is 18.2 Å². The Hall–Kier alpha value is -3.25. The van der Waals surface area contributed by atoms with Gasteiger partial charge in [0.15, 0.2) is 0 Å². The number of nitrogens with zero attached hydrogens (tertiary/aromatic N) is 2. The molecule has 1 N–H and O–H groups in total. The molecule has 1 aromatic heterocycles. The SMILES string of the molecule is CC(=O)N[C@H](c1ccccn1)C1CCN(Cc2ccccc2OCc2cccc(F)c2)CC1. The molecule has 0 unspecified atom stereocenters. The molecule has 33 heavy (non-hydrogen) atoms. The van der Waals surface area contributed by atoms with Crippen LogP contribution < -0.4 is 10.1 Å². The van der Waals surface area contributed by atoms with Gasteiger partial charge in [0, 0.05) is 25.2 Å². The number of pyridine rings is 1. The molecule has 6 heteroatoms. The van der Waals surface area contributed by atoms with Crippen molar-refractivity contribution in [2.75, 3.05) is 13.1 Å². The summed E-state index contributed by atoms with van der Waals surface area (Å²) in [6, 6.07) is 20.3. The maximum atomic E-state index is 13.5. The molecule has 0 radical (unpaired) electrons. The van der Waals surface area contributed by atoms with E-state index in [0.29, 0.717) is 12.5 Å². The Labute approximate surface area is 194 Å². The van der Waals surface area contributed by atoms with Crippen LogP contribution in [0.4, 0.5) is 4.39 Å². The predicted octanol–water partition coefficient (Wildman–Crippen LogP) is 4.89. The van der Waals surface area contributed by atoms with Crippen molar-refractivity contribution in [1.82, 2.24) is 15.2 Å². The van der Waals surface area contributed by atoms with Crippen LogP contribution in [0.15, 0.2) is 72.9 Å². The summed E-state index contributed by atoms with van der Waals surface area (Å²) in [6.07, 6.45) is 3.74. The van der Waals surface area contributed by atoms with Crippen molar-refractivity contribution in [3.05, 3.63) is 95.6 Å². The van der Waals surface area contributed by atoms with Crippen molar-refractivity contribution in [3.63, 3.8) is 0 Å². The third-order valence-electron chi connectivity index (χ3n) is 6.12. The number of piperidine rings is 1. The molecule has 2 heterocycles. The van der Waals surface area contributed by atoms with Crippen LogP contribution in [0.25, 0.3) is 0 Å². The van der Waals surface area contributed by atoms with Crippen LogP contribution in [-0.2, 0) is 17.9 Å². The molecule has 1 amide bonds. The number of para-hydroxylation sites is 1. The first-order valence-corrected chi connectivity index (χ1v) is 11.4. The van der Waals surface area contributed by atoms with Gasteiger partial charge in [-0.3, -0.25) is 14.7 Å². The predicted molar refractivity (Wildman–Crippen MR) is 126 cm³/mol. The van der Waals surface area contributed by atoms with E-state index in [0.717, 1.165) is 55.0 Å². The first kappa shape index (κ1) is 22.9. The van der Waals surface area contributed by atoms with Crippen LogP contribution >= 0.6 is 0 Å². The van der Waals surface area contributed by atoms with Crippen LogP contribution in [0.5, 0.6) is 5.75 Å². The van der Waals surface area contributed by atoms with Crippen molar-refractivity contribution >= 4 is 5.91 Å². The molecule has 0 saturated carbocycles. The van der Waals surface area contributed by atoms with Crippen molar-refractivity contribution in [2.24, 2.45) is 5.92 Å². The maximum Gasteiger partial charge on any atom is 0.217 e. The Morgan fingerprint density at radius 2 is 1.91 bits per heavy atom. The van der Waals surface area contributed by atoms with Crippen LogP contribution in [0.2, 0.25) is 0 Å². The smallest absolute Gasteiger partial charge is 0.217 e. The van der Waals surface area contributed by atoms with Gasteiger partial charge in [0.2, 0.25) is 5.91 Å². The highest BCUT2D eigenvalue weighted by Gasteiger charge is 2.29. The fraction of sp³-hybridized carbons (Fsp3) is 0.333. The van der Waals surface area contributed by atoms with E-state index >= 15 is 0 Å². The van der Waals surface area contributed by atoms with E-state index < -0.39 is 0 Å². The van der Waals surface area contributed by atoms with Gasteiger partial charge in [-0.05, 0) is 67.7 Å². The summed E-state index contributed by atoms with van der Waals surface area (Å²) in [7, 11) is 0. The second-order valence-electron chi connectivity index (χ2n) is 8.57. The maximum absolute atomic E-state index is 13.5. The van der Waals surface area contributed by atoms with Crippen LogP contribution in [-0.4, -0.2) is 28.9 Å². The summed E-state index contributed by atoms with van der Waals surface area (Å²) < 4.78 is 19.5. The summed E-state index contributed by atoms with van der Waals surface area (Å²) in [5.41, 5.74) is 2.85. The molecule has 4 rings (SSSR count). The molecule has 2 aromatic carbocycles. The summed E-state index contributed by atoms with van der Waals surface area (Å²) in [4.78, 5) is 18.7. The normalized spacial score (nSPS) is 15.7. The molecule has 5 nitrogen and oxygen atoms in total. The lowest BCUT2D eigenvalue weighted by molar-refractivity contribution is -0.120. The Morgan fingerprint density at radius 1 is 1.12 bits per heavy atom. The number of nitrogens with one attached hydrogen (secondary N) is 1. The number of carbonyl (C=O) groups is 1. The molecule has 172 valence electrons. The minimum absolute atomic E-state index is 0.0301. The quantitative estimate of drug-likeness (QED) is 0.534. The molecule has 0 spiro atoms. The summed E-state index contributed by atoms with van der Waals surface area (Å²) in [5, 5.41) is 3.11. The average Bonchev–Trinajstić information content (AvgIpc) is 2.83. The van der Waals surface area contributed by atoms with Crippen molar-refractivity contribution < 1.29 is 13.9 Å². The van der Waals surface area contributed by atoms with Gasteiger partial charge >= 0.3 is 0 Å². The average molecular weight is 448 g/mol. The molecule has 0 bridgehead atoms. The van der Waals surface area contributed by atoms with Gasteiger partial charge in [-0.25, -0.2) is 4.39 Å². The van der Waals surface area contributed by atoms with Crippen LogP contribution in [0.1, 0.15) is 42.6 Å². The van der Waals surface area contributed by atoms with Gasteiger partial charge in [-0.2, -0.15) is 0 Å². The fourth-order valence-corrected chi connectivity index (χ4v) is 4.46. The number of ether oxygens (including phenoxy) is 1. The second-order valence-corrected chi connectivity index (χ2v) is 8.57. The van der Waals surface area contributed by atoms with E-state index in [1.807, 2.05) is 42.5 Å². The van der Waals surface area contributed by atoms with E-state index in [4.69, 9.17) is 4.74 Å². The van der Waals surface area contributed by atoms with E-state index in [-0.39, 0.29) is 17.8 Å².